The van der Waals surface area contributed by atoms with Gasteiger partial charge in [0.15, 0.2) is 23.0 Å². The Kier molecular flexibility index (Phi) is 18.8. The summed E-state index contributed by atoms with van der Waals surface area (Å²) in [7, 11) is 0. The van der Waals surface area contributed by atoms with E-state index < -0.39 is 0 Å². The van der Waals surface area contributed by atoms with E-state index in [1.807, 2.05) is 13.8 Å². The largest absolute Gasteiger partial charge is 0.300 e. The second-order valence-corrected chi connectivity index (χ2v) is 2.91. The van der Waals surface area contributed by atoms with Gasteiger partial charge in [-0.2, -0.15) is 5.48 Å². The van der Waals surface area contributed by atoms with Gasteiger partial charge in [0.1, 0.15) is 5.78 Å². The Morgan fingerprint density at radius 2 is 1.93 bits per heavy atom. The molecule has 0 aromatic rings. The molecule has 0 fully saturated rings. The van der Waals surface area contributed by atoms with Crippen LogP contribution in [0.1, 0.15) is 46.5 Å². The summed E-state index contributed by atoms with van der Waals surface area (Å²) in [6.45, 7) is 6.37. The number of carbonyl (C=O) groups excluding carboxylic acids is 1. The third-order valence-corrected chi connectivity index (χ3v) is 1.58. The summed E-state index contributed by atoms with van der Waals surface area (Å²) < 4.78 is 4.29. The average Bonchev–Trinajstić information content (AvgIpc) is 2.19. The van der Waals surface area contributed by atoms with Crippen LogP contribution >= 0.6 is 23.0 Å². The van der Waals surface area contributed by atoms with Gasteiger partial charge in [0, 0.05) is 13.0 Å². The zero-order chi connectivity index (χ0) is 11.2. The second kappa shape index (κ2) is 15.7. The molecule has 0 saturated carbocycles. The van der Waals surface area contributed by atoms with Crippen molar-refractivity contribution >= 4 is 28.8 Å². The molecule has 0 aromatic carbocycles. The smallest absolute Gasteiger partial charge is 0.157 e. The number of rotatable bonds is 8. The van der Waals surface area contributed by atoms with Gasteiger partial charge in [-0.1, -0.05) is 20.3 Å². The number of unbranched alkanes of at least 4 members (excludes halogenated alkanes) is 2. The normalized spacial score (nSPS) is 9.14. The quantitative estimate of drug-likeness (QED) is 0.324. The molecule has 0 aliphatic carbocycles. The van der Waals surface area contributed by atoms with Gasteiger partial charge >= 0.3 is 0 Å². The summed E-state index contributed by atoms with van der Waals surface area (Å²) in [5.41, 5.74) is 2.61. The molecule has 0 atom stereocenters. The van der Waals surface area contributed by atoms with Crippen molar-refractivity contribution in [2.45, 2.75) is 46.5 Å². The molecule has 0 amide bonds. The van der Waals surface area contributed by atoms with E-state index in [-0.39, 0.29) is 5.78 Å². The first-order chi connectivity index (χ1) is 6.77. The Labute approximate surface area is 100 Å². The maximum atomic E-state index is 10.5. The predicted molar refractivity (Wildman–Crippen MR) is 64.7 cm³/mol. The van der Waals surface area contributed by atoms with Crippen molar-refractivity contribution in [3.05, 3.63) is 0 Å². The lowest BCUT2D eigenvalue weighted by molar-refractivity contribution is -0.222. The monoisotopic (exact) mass is 317 g/mol. The summed E-state index contributed by atoms with van der Waals surface area (Å²) in [5, 5.41) is 0. The fourth-order valence-electron chi connectivity index (χ4n) is 0.812. The van der Waals surface area contributed by atoms with Crippen LogP contribution in [0.4, 0.5) is 0 Å². The van der Waals surface area contributed by atoms with E-state index in [0.717, 1.165) is 25.8 Å². The van der Waals surface area contributed by atoms with Gasteiger partial charge < -0.3 is 4.79 Å². The van der Waals surface area contributed by atoms with Crippen molar-refractivity contribution in [1.82, 2.24) is 5.48 Å². The summed E-state index contributed by atoms with van der Waals surface area (Å²) in [4.78, 5) is 14.9. The van der Waals surface area contributed by atoms with E-state index in [4.69, 9.17) is 0 Å². The molecule has 5 heteroatoms. The minimum Gasteiger partial charge on any atom is -0.300 e. The fraction of sp³-hybridized carbons (Fsp3) is 0.889. The van der Waals surface area contributed by atoms with E-state index in [0.29, 0.717) is 6.42 Å². The van der Waals surface area contributed by atoms with Crippen LogP contribution < -0.4 is 5.48 Å². The van der Waals surface area contributed by atoms with Crippen LogP contribution in [0, 0.1) is 0 Å². The molecule has 0 bridgehead atoms. The van der Waals surface area contributed by atoms with Gasteiger partial charge in [-0.15, -0.1) is 8.21 Å². The highest BCUT2D eigenvalue weighted by Crippen LogP contribution is 1.99. The zero-order valence-electron chi connectivity index (χ0n) is 9.14. The van der Waals surface area contributed by atoms with Crippen LogP contribution in [-0.2, 0) is 13.0 Å². The van der Waals surface area contributed by atoms with E-state index in [9.17, 15) is 4.79 Å². The second-order valence-electron chi connectivity index (χ2n) is 2.55. The molecule has 86 valence electrons. The van der Waals surface area contributed by atoms with E-state index in [2.05, 4.69) is 13.7 Å². The number of Topliss-reactive ketones (excluding diaryl/α,β-unsaturated/α-hetero) is 1. The van der Waals surface area contributed by atoms with Gasteiger partial charge in [0.05, 0.1) is 0 Å². The maximum absolute atomic E-state index is 10.5. The number of hydrogen-bond acceptors (Lipinski definition) is 4. The van der Waals surface area contributed by atoms with E-state index in [1.54, 1.807) is 29.9 Å². The van der Waals surface area contributed by atoms with E-state index in [1.165, 1.54) is 0 Å². The van der Waals surface area contributed by atoms with Crippen LogP contribution in [0.25, 0.3) is 0 Å². The third-order valence-electron chi connectivity index (χ3n) is 1.40. The molecule has 1 N–H and O–H groups in total. The summed E-state index contributed by atoms with van der Waals surface area (Å²) in [6, 6.07) is 0. The lowest BCUT2D eigenvalue weighted by Crippen LogP contribution is -2.13. The molecule has 0 radical (unpaired) electrons. The van der Waals surface area contributed by atoms with Crippen molar-refractivity contribution in [3.63, 3.8) is 0 Å². The molecular formula is C9H20INO3. The first-order valence-corrected chi connectivity index (χ1v) is 5.82. The van der Waals surface area contributed by atoms with Gasteiger partial charge in [-0.25, -0.2) is 0 Å². The van der Waals surface area contributed by atoms with E-state index >= 15 is 0 Å². The Morgan fingerprint density at radius 3 is 2.43 bits per heavy atom. The molecule has 14 heavy (non-hydrogen) atoms. The molecule has 0 aliphatic heterocycles. The van der Waals surface area contributed by atoms with Crippen LogP contribution in [0.5, 0.6) is 0 Å². The Bertz CT molecular complexity index is 123. The number of ketones is 1. The SMILES string of the molecule is CC.CC(=O)CCCCCNOOI. The van der Waals surface area contributed by atoms with Gasteiger partial charge in [-0.3, -0.25) is 0 Å². The first kappa shape index (κ1) is 16.7. The number of halogens is 1. The molecule has 0 spiro atoms. The van der Waals surface area contributed by atoms with Crippen LogP contribution in [0.15, 0.2) is 0 Å². The number of carbonyl (C=O) groups is 1. The van der Waals surface area contributed by atoms with Crippen LogP contribution in [0.2, 0.25) is 0 Å². The first-order valence-electron chi connectivity index (χ1n) is 4.94. The molecule has 0 unspecified atom stereocenters. The number of hydrogen-bond donors (Lipinski definition) is 1. The molecule has 0 rings (SSSR count). The molecule has 4 nitrogen and oxygen atoms in total. The van der Waals surface area contributed by atoms with Crippen molar-refractivity contribution in [2.75, 3.05) is 6.54 Å². The Balaban J connectivity index is 0. The topological polar surface area (TPSA) is 47.6 Å². The van der Waals surface area contributed by atoms with Crippen molar-refractivity contribution < 1.29 is 13.0 Å². The highest BCUT2D eigenvalue weighted by Gasteiger charge is 1.93. The highest BCUT2D eigenvalue weighted by atomic mass is 127. The fourth-order valence-corrected chi connectivity index (χ4v) is 0.939. The summed E-state index contributed by atoms with van der Waals surface area (Å²) in [5.74, 6) is 0.259. The van der Waals surface area contributed by atoms with Crippen molar-refractivity contribution in [3.8, 4) is 0 Å². The molecule has 0 aliphatic rings. The lowest BCUT2D eigenvalue weighted by Gasteiger charge is -2.00. The highest BCUT2D eigenvalue weighted by molar-refractivity contribution is 14.1. The Morgan fingerprint density at radius 1 is 1.29 bits per heavy atom. The standard InChI is InChI=1S/C7H14INO3.C2H6/c1-7(10)5-3-2-4-6-9-12-11-8;1-2/h9H,2-6H2,1H3;1-2H3. The maximum Gasteiger partial charge on any atom is 0.157 e. The minimum atomic E-state index is 0.259. The predicted octanol–water partition coefficient (Wildman–Crippen LogP) is 2.96. The van der Waals surface area contributed by atoms with Crippen LogP contribution in [0.3, 0.4) is 0 Å². The van der Waals surface area contributed by atoms with Gasteiger partial charge in [0.25, 0.3) is 0 Å². The molecule has 0 saturated heterocycles. The van der Waals surface area contributed by atoms with Crippen LogP contribution in [-0.4, -0.2) is 12.3 Å². The number of hydroxylamine groups is 1. The Hall–Kier alpha value is 0.280. The average molecular weight is 317 g/mol. The van der Waals surface area contributed by atoms with Crippen molar-refractivity contribution in [2.24, 2.45) is 0 Å². The minimum absolute atomic E-state index is 0.259. The van der Waals surface area contributed by atoms with Gasteiger partial charge in [0.2, 0.25) is 0 Å². The molecular weight excluding hydrogens is 297 g/mol. The van der Waals surface area contributed by atoms with Gasteiger partial charge in [-0.05, 0) is 19.8 Å². The third kappa shape index (κ3) is 18.1. The van der Waals surface area contributed by atoms with Crippen molar-refractivity contribution in [1.29, 1.82) is 0 Å². The molecule has 0 heterocycles. The number of nitrogens with one attached hydrogen (secondary N) is 1. The summed E-state index contributed by atoms with van der Waals surface area (Å²) >= 11 is 1.64. The zero-order valence-corrected chi connectivity index (χ0v) is 11.3. The summed E-state index contributed by atoms with van der Waals surface area (Å²) in [6.07, 6.45) is 3.68. The molecule has 0 aromatic heterocycles. The lowest BCUT2D eigenvalue weighted by atomic mass is 10.1.